The first kappa shape index (κ1) is 7.14. The molecule has 0 rings (SSSR count). The molecule has 0 saturated heterocycles. The average Bonchev–Trinajstić information content (AvgIpc) is 1.61. The highest BCUT2D eigenvalue weighted by atomic mass is 28.1. The Hall–Kier alpha value is 0.137. The Kier molecular flexibility index (Phi) is 4.38. The number of hydrogen-bond acceptors (Lipinski definition) is 2. The Morgan fingerprint density at radius 2 is 2.29 bits per heavy atom. The van der Waals surface area contributed by atoms with Crippen molar-refractivity contribution in [2.45, 2.75) is 20.0 Å². The lowest BCUT2D eigenvalue weighted by Crippen LogP contribution is -2.20. The van der Waals surface area contributed by atoms with Gasteiger partial charge in [0.15, 0.2) is 0 Å². The quantitative estimate of drug-likeness (QED) is 0.389. The van der Waals surface area contributed by atoms with Gasteiger partial charge in [-0.3, -0.25) is 4.84 Å². The first-order valence-electron chi connectivity index (χ1n) is 2.66. The zero-order valence-electron chi connectivity index (χ0n) is 5.19. The van der Waals surface area contributed by atoms with E-state index in [2.05, 4.69) is 5.48 Å². The van der Waals surface area contributed by atoms with Crippen LogP contribution in [-0.4, -0.2) is 22.5 Å². The molecule has 0 aromatic rings. The van der Waals surface area contributed by atoms with Crippen LogP contribution in [0.4, 0.5) is 0 Å². The van der Waals surface area contributed by atoms with E-state index >= 15 is 0 Å². The SMILES string of the molecule is CC(C)ONC[SiH3]. The molecule has 0 aromatic heterocycles. The van der Waals surface area contributed by atoms with Gasteiger partial charge in [-0.05, 0) is 13.8 Å². The number of hydroxylamine groups is 1. The predicted molar refractivity (Wildman–Crippen MR) is 34.2 cm³/mol. The molecule has 44 valence electrons. The summed E-state index contributed by atoms with van der Waals surface area (Å²) >= 11 is 0. The van der Waals surface area contributed by atoms with E-state index < -0.39 is 0 Å². The van der Waals surface area contributed by atoms with Crippen LogP contribution in [0.5, 0.6) is 0 Å². The third kappa shape index (κ3) is 6.14. The Morgan fingerprint density at radius 3 is 2.43 bits per heavy atom. The fourth-order valence-electron chi connectivity index (χ4n) is 0.250. The van der Waals surface area contributed by atoms with Crippen LogP contribution in [0.2, 0.25) is 0 Å². The molecule has 2 nitrogen and oxygen atoms in total. The van der Waals surface area contributed by atoms with Gasteiger partial charge in [0.2, 0.25) is 0 Å². The summed E-state index contributed by atoms with van der Waals surface area (Å²) in [6.07, 6.45) is 1.33. The fourth-order valence-corrected chi connectivity index (χ4v) is 0.417. The second-order valence-corrected chi connectivity index (χ2v) is 2.37. The summed E-state index contributed by atoms with van der Waals surface area (Å²) in [7, 11) is 1.16. The molecule has 0 aliphatic rings. The minimum atomic E-state index is 0.314. The number of rotatable bonds is 3. The second-order valence-electron chi connectivity index (χ2n) is 1.66. The summed E-state index contributed by atoms with van der Waals surface area (Å²) in [5, 5.41) is 0. The third-order valence-corrected chi connectivity index (χ3v) is 0.752. The molecule has 0 unspecified atom stereocenters. The molecule has 0 bridgehead atoms. The van der Waals surface area contributed by atoms with Crippen LogP contribution in [-0.2, 0) is 4.84 Å². The van der Waals surface area contributed by atoms with Gasteiger partial charge < -0.3 is 0 Å². The van der Waals surface area contributed by atoms with Crippen molar-refractivity contribution in [2.75, 3.05) is 6.17 Å². The largest absolute Gasteiger partial charge is 0.299 e. The van der Waals surface area contributed by atoms with Crippen molar-refractivity contribution >= 4 is 10.2 Å². The number of hydrogen-bond donors (Lipinski definition) is 1. The van der Waals surface area contributed by atoms with Crippen molar-refractivity contribution in [1.82, 2.24) is 5.48 Å². The van der Waals surface area contributed by atoms with Crippen molar-refractivity contribution in [3.63, 3.8) is 0 Å². The van der Waals surface area contributed by atoms with Crippen LogP contribution in [0.15, 0.2) is 0 Å². The molecule has 1 N–H and O–H groups in total. The van der Waals surface area contributed by atoms with Crippen LogP contribution in [0.3, 0.4) is 0 Å². The molecule has 0 radical (unpaired) electrons. The maximum atomic E-state index is 4.98. The van der Waals surface area contributed by atoms with E-state index in [1.807, 2.05) is 13.8 Å². The molecule has 0 aliphatic heterocycles. The van der Waals surface area contributed by atoms with Gasteiger partial charge in [0, 0.05) is 16.4 Å². The minimum Gasteiger partial charge on any atom is -0.299 e. The summed E-state index contributed by atoms with van der Waals surface area (Å²) in [5.74, 6) is 0. The van der Waals surface area contributed by atoms with E-state index in [4.69, 9.17) is 4.84 Å². The van der Waals surface area contributed by atoms with Crippen LogP contribution in [0.1, 0.15) is 13.8 Å². The monoisotopic (exact) mass is 119 g/mol. The molecule has 0 fully saturated rings. The Labute approximate surface area is 47.6 Å². The van der Waals surface area contributed by atoms with Gasteiger partial charge in [-0.25, -0.2) is 5.48 Å². The van der Waals surface area contributed by atoms with Gasteiger partial charge in [-0.2, -0.15) is 0 Å². The Balaban J connectivity index is 2.68. The summed E-state index contributed by atoms with van der Waals surface area (Å²) in [6, 6.07) is 0. The second kappa shape index (κ2) is 4.30. The van der Waals surface area contributed by atoms with E-state index in [0.29, 0.717) is 6.10 Å². The minimum absolute atomic E-state index is 0.314. The lowest BCUT2D eigenvalue weighted by atomic mass is 10.5. The van der Waals surface area contributed by atoms with Crippen LogP contribution in [0.25, 0.3) is 0 Å². The molecule has 3 heteroatoms. The molecular formula is C4H13NOSi. The van der Waals surface area contributed by atoms with E-state index in [1.165, 1.54) is 0 Å². The third-order valence-electron chi connectivity index (χ3n) is 0.463. The van der Waals surface area contributed by atoms with E-state index in [9.17, 15) is 0 Å². The van der Waals surface area contributed by atoms with Gasteiger partial charge in [-0.15, -0.1) is 0 Å². The van der Waals surface area contributed by atoms with Crippen molar-refractivity contribution in [3.8, 4) is 0 Å². The Morgan fingerprint density at radius 1 is 1.71 bits per heavy atom. The summed E-state index contributed by atoms with van der Waals surface area (Å²) in [4.78, 5) is 4.98. The molecule has 0 heterocycles. The van der Waals surface area contributed by atoms with Gasteiger partial charge >= 0.3 is 0 Å². The topological polar surface area (TPSA) is 21.3 Å². The molecule has 0 amide bonds. The van der Waals surface area contributed by atoms with Crippen molar-refractivity contribution < 1.29 is 4.84 Å². The van der Waals surface area contributed by atoms with Crippen molar-refractivity contribution in [2.24, 2.45) is 0 Å². The van der Waals surface area contributed by atoms with Crippen LogP contribution in [0, 0.1) is 0 Å². The zero-order valence-corrected chi connectivity index (χ0v) is 7.19. The standard InChI is InChI=1S/C4H13NOSi/c1-4(2)6-5-3-7/h4-5H,3H2,1-2,7H3. The summed E-state index contributed by atoms with van der Waals surface area (Å²) < 4.78 is 0. The molecule has 7 heavy (non-hydrogen) atoms. The van der Waals surface area contributed by atoms with E-state index in [-0.39, 0.29) is 0 Å². The molecular weight excluding hydrogens is 106 g/mol. The first-order chi connectivity index (χ1) is 3.27. The van der Waals surface area contributed by atoms with Crippen molar-refractivity contribution in [1.29, 1.82) is 0 Å². The van der Waals surface area contributed by atoms with Gasteiger partial charge in [0.05, 0.1) is 6.10 Å². The highest BCUT2D eigenvalue weighted by molar-refractivity contribution is 6.08. The smallest absolute Gasteiger partial charge is 0.0734 e. The molecule has 0 aromatic carbocycles. The lowest BCUT2D eigenvalue weighted by Gasteiger charge is -2.04. The maximum absolute atomic E-state index is 4.98. The van der Waals surface area contributed by atoms with Gasteiger partial charge in [0.1, 0.15) is 0 Å². The van der Waals surface area contributed by atoms with Crippen LogP contribution < -0.4 is 5.48 Å². The molecule has 0 aliphatic carbocycles. The first-order valence-corrected chi connectivity index (χ1v) is 4.07. The zero-order chi connectivity index (χ0) is 5.70. The highest BCUT2D eigenvalue weighted by Crippen LogP contribution is 1.78. The molecule has 0 saturated carbocycles. The Bertz CT molecular complexity index is 40.7. The molecule has 0 atom stereocenters. The average molecular weight is 119 g/mol. The fraction of sp³-hybridized carbons (Fsp3) is 1.00. The summed E-state index contributed by atoms with van der Waals surface area (Å²) in [6.45, 7) is 4.01. The maximum Gasteiger partial charge on any atom is 0.0734 e. The number of nitrogens with one attached hydrogen (secondary N) is 1. The highest BCUT2D eigenvalue weighted by Gasteiger charge is 1.86. The predicted octanol–water partition coefficient (Wildman–Crippen LogP) is -0.761. The van der Waals surface area contributed by atoms with Gasteiger partial charge in [0.25, 0.3) is 0 Å². The van der Waals surface area contributed by atoms with E-state index in [1.54, 1.807) is 0 Å². The molecule has 0 spiro atoms. The summed E-state index contributed by atoms with van der Waals surface area (Å²) in [5.41, 5.74) is 2.81. The van der Waals surface area contributed by atoms with Crippen LogP contribution >= 0.6 is 0 Å². The van der Waals surface area contributed by atoms with E-state index in [0.717, 1.165) is 16.4 Å². The van der Waals surface area contributed by atoms with Crippen molar-refractivity contribution in [3.05, 3.63) is 0 Å². The lowest BCUT2D eigenvalue weighted by molar-refractivity contribution is 0.00504. The normalized spacial score (nSPS) is 10.7. The van der Waals surface area contributed by atoms with Gasteiger partial charge in [-0.1, -0.05) is 0 Å².